The maximum atomic E-state index is 11.9. The van der Waals surface area contributed by atoms with Crippen LogP contribution in [-0.4, -0.2) is 10.9 Å². The molecule has 4 heteroatoms. The second-order valence-electron chi connectivity index (χ2n) is 4.05. The van der Waals surface area contributed by atoms with E-state index in [1.807, 2.05) is 37.3 Å². The third-order valence-electron chi connectivity index (χ3n) is 2.59. The van der Waals surface area contributed by atoms with Crippen molar-refractivity contribution in [1.82, 2.24) is 4.98 Å². The van der Waals surface area contributed by atoms with Gasteiger partial charge in [-0.15, -0.1) is 0 Å². The van der Waals surface area contributed by atoms with Crippen molar-refractivity contribution >= 4 is 11.6 Å². The summed E-state index contributed by atoms with van der Waals surface area (Å²) >= 11 is 0. The fourth-order valence-electron chi connectivity index (χ4n) is 1.58. The van der Waals surface area contributed by atoms with E-state index in [1.165, 1.54) is 0 Å². The number of nitrogens with zero attached hydrogens (tertiary/aromatic N) is 1. The molecule has 0 atom stereocenters. The number of pyridine rings is 1. The molecule has 0 aliphatic heterocycles. The predicted octanol–water partition coefficient (Wildman–Crippen LogP) is 2.10. The third-order valence-corrected chi connectivity index (χ3v) is 2.59. The average Bonchev–Trinajstić information content (AvgIpc) is 2.39. The number of hydrogen-bond acceptors (Lipinski definition) is 3. The zero-order valence-electron chi connectivity index (χ0n) is 10.2. The van der Waals surface area contributed by atoms with Crippen molar-refractivity contribution < 1.29 is 4.79 Å². The van der Waals surface area contributed by atoms with Crippen LogP contribution in [0.25, 0.3) is 0 Å². The lowest BCUT2D eigenvalue weighted by molar-refractivity contribution is 0.102. The maximum Gasteiger partial charge on any atom is 0.257 e. The highest BCUT2D eigenvalue weighted by molar-refractivity contribution is 6.04. The Labute approximate surface area is 106 Å². The van der Waals surface area contributed by atoms with Crippen LogP contribution in [0.1, 0.15) is 21.6 Å². The number of anilines is 1. The molecule has 0 unspecified atom stereocenters. The Hall–Kier alpha value is -2.20. The Kier molecular flexibility index (Phi) is 3.69. The zero-order valence-corrected chi connectivity index (χ0v) is 10.2. The van der Waals surface area contributed by atoms with Crippen molar-refractivity contribution in [3.8, 4) is 0 Å². The van der Waals surface area contributed by atoms with Crippen LogP contribution in [0.3, 0.4) is 0 Å². The second kappa shape index (κ2) is 5.42. The SMILES string of the molecule is Cc1ccc(C(=O)Nc2cccc(CN)c2)cn1. The van der Waals surface area contributed by atoms with Gasteiger partial charge in [-0.2, -0.15) is 0 Å². The van der Waals surface area contributed by atoms with Crippen LogP contribution < -0.4 is 11.1 Å². The first-order chi connectivity index (χ1) is 8.69. The average molecular weight is 241 g/mol. The topological polar surface area (TPSA) is 68.0 Å². The van der Waals surface area contributed by atoms with Crippen LogP contribution in [0.2, 0.25) is 0 Å². The quantitative estimate of drug-likeness (QED) is 0.864. The van der Waals surface area contributed by atoms with Crippen LogP contribution in [0, 0.1) is 6.92 Å². The van der Waals surface area contributed by atoms with E-state index in [0.29, 0.717) is 12.1 Å². The second-order valence-corrected chi connectivity index (χ2v) is 4.05. The normalized spacial score (nSPS) is 10.1. The molecule has 2 aromatic rings. The van der Waals surface area contributed by atoms with Crippen LogP contribution in [0.5, 0.6) is 0 Å². The van der Waals surface area contributed by atoms with Gasteiger partial charge in [0.15, 0.2) is 0 Å². The van der Waals surface area contributed by atoms with E-state index in [9.17, 15) is 4.79 Å². The molecule has 18 heavy (non-hydrogen) atoms. The summed E-state index contributed by atoms with van der Waals surface area (Å²) in [6.07, 6.45) is 1.57. The molecule has 1 amide bonds. The van der Waals surface area contributed by atoms with Gasteiger partial charge in [-0.3, -0.25) is 9.78 Å². The highest BCUT2D eigenvalue weighted by Gasteiger charge is 2.06. The molecule has 3 N–H and O–H groups in total. The van der Waals surface area contributed by atoms with Gasteiger partial charge in [-0.25, -0.2) is 0 Å². The van der Waals surface area contributed by atoms with Gasteiger partial charge in [0, 0.05) is 24.1 Å². The molecule has 0 fully saturated rings. The van der Waals surface area contributed by atoms with E-state index >= 15 is 0 Å². The number of benzene rings is 1. The summed E-state index contributed by atoms with van der Waals surface area (Å²) in [6.45, 7) is 2.34. The number of aryl methyl sites for hydroxylation is 1. The Bertz CT molecular complexity index is 549. The summed E-state index contributed by atoms with van der Waals surface area (Å²) in [4.78, 5) is 16.0. The summed E-state index contributed by atoms with van der Waals surface area (Å²) in [5.41, 5.74) is 8.70. The Morgan fingerprint density at radius 2 is 2.17 bits per heavy atom. The molecule has 0 saturated carbocycles. The summed E-state index contributed by atoms with van der Waals surface area (Å²) in [6, 6.07) is 11.0. The fraction of sp³-hybridized carbons (Fsp3) is 0.143. The van der Waals surface area contributed by atoms with Gasteiger partial charge in [0.05, 0.1) is 5.56 Å². The van der Waals surface area contributed by atoms with E-state index in [2.05, 4.69) is 10.3 Å². The Balaban J connectivity index is 2.13. The Morgan fingerprint density at radius 3 is 2.83 bits per heavy atom. The Morgan fingerprint density at radius 1 is 1.33 bits per heavy atom. The molecular formula is C14H15N3O. The van der Waals surface area contributed by atoms with Gasteiger partial charge in [0.1, 0.15) is 0 Å². The van der Waals surface area contributed by atoms with E-state index in [-0.39, 0.29) is 5.91 Å². The minimum absolute atomic E-state index is 0.170. The molecule has 0 spiro atoms. The van der Waals surface area contributed by atoms with E-state index in [0.717, 1.165) is 16.9 Å². The monoisotopic (exact) mass is 241 g/mol. The number of rotatable bonds is 3. The minimum atomic E-state index is -0.170. The molecule has 1 aromatic carbocycles. The lowest BCUT2D eigenvalue weighted by Gasteiger charge is -2.06. The molecule has 2 rings (SSSR count). The first-order valence-electron chi connectivity index (χ1n) is 5.72. The zero-order chi connectivity index (χ0) is 13.0. The molecular weight excluding hydrogens is 226 g/mol. The standard InChI is InChI=1S/C14H15N3O/c1-10-5-6-12(9-16-10)14(18)17-13-4-2-3-11(7-13)8-15/h2-7,9H,8,15H2,1H3,(H,17,18). The number of amides is 1. The fourth-order valence-corrected chi connectivity index (χ4v) is 1.58. The number of carbonyl (C=O) groups is 1. The molecule has 1 heterocycles. The smallest absolute Gasteiger partial charge is 0.257 e. The van der Waals surface area contributed by atoms with Crippen LogP contribution >= 0.6 is 0 Å². The molecule has 0 aliphatic rings. The van der Waals surface area contributed by atoms with Gasteiger partial charge in [0.2, 0.25) is 0 Å². The number of carbonyl (C=O) groups excluding carboxylic acids is 1. The third kappa shape index (κ3) is 2.93. The van der Waals surface area contributed by atoms with Crippen molar-refractivity contribution in [2.75, 3.05) is 5.32 Å². The van der Waals surface area contributed by atoms with Gasteiger partial charge in [-0.05, 0) is 36.8 Å². The van der Waals surface area contributed by atoms with E-state index in [1.54, 1.807) is 12.3 Å². The number of nitrogens with two attached hydrogens (primary N) is 1. The predicted molar refractivity (Wildman–Crippen MR) is 71.3 cm³/mol. The molecule has 0 bridgehead atoms. The van der Waals surface area contributed by atoms with Crippen molar-refractivity contribution in [3.05, 3.63) is 59.4 Å². The van der Waals surface area contributed by atoms with Crippen LogP contribution in [0.4, 0.5) is 5.69 Å². The highest BCUT2D eigenvalue weighted by Crippen LogP contribution is 2.11. The molecule has 0 saturated heterocycles. The summed E-state index contributed by atoms with van der Waals surface area (Å²) in [5, 5.41) is 2.82. The van der Waals surface area contributed by atoms with Crippen LogP contribution in [0.15, 0.2) is 42.6 Å². The lowest BCUT2D eigenvalue weighted by Crippen LogP contribution is -2.12. The number of aromatic nitrogens is 1. The molecule has 4 nitrogen and oxygen atoms in total. The van der Waals surface area contributed by atoms with Gasteiger partial charge < -0.3 is 11.1 Å². The van der Waals surface area contributed by atoms with Crippen LogP contribution in [-0.2, 0) is 6.54 Å². The first-order valence-corrected chi connectivity index (χ1v) is 5.72. The molecule has 0 aliphatic carbocycles. The largest absolute Gasteiger partial charge is 0.326 e. The lowest BCUT2D eigenvalue weighted by atomic mass is 10.2. The molecule has 1 aromatic heterocycles. The van der Waals surface area contributed by atoms with E-state index < -0.39 is 0 Å². The van der Waals surface area contributed by atoms with Gasteiger partial charge in [0.25, 0.3) is 5.91 Å². The first kappa shape index (κ1) is 12.3. The number of hydrogen-bond donors (Lipinski definition) is 2. The molecule has 92 valence electrons. The van der Waals surface area contributed by atoms with Crippen molar-refractivity contribution in [2.24, 2.45) is 5.73 Å². The minimum Gasteiger partial charge on any atom is -0.326 e. The highest BCUT2D eigenvalue weighted by atomic mass is 16.1. The molecule has 0 radical (unpaired) electrons. The van der Waals surface area contributed by atoms with Gasteiger partial charge in [-0.1, -0.05) is 12.1 Å². The summed E-state index contributed by atoms with van der Waals surface area (Å²) < 4.78 is 0. The summed E-state index contributed by atoms with van der Waals surface area (Å²) in [5.74, 6) is -0.170. The summed E-state index contributed by atoms with van der Waals surface area (Å²) in [7, 11) is 0. The van der Waals surface area contributed by atoms with Crippen molar-refractivity contribution in [2.45, 2.75) is 13.5 Å². The van der Waals surface area contributed by atoms with E-state index in [4.69, 9.17) is 5.73 Å². The van der Waals surface area contributed by atoms with Crippen molar-refractivity contribution in [3.63, 3.8) is 0 Å². The van der Waals surface area contributed by atoms with Gasteiger partial charge >= 0.3 is 0 Å². The maximum absolute atomic E-state index is 11.9. The van der Waals surface area contributed by atoms with Crippen molar-refractivity contribution in [1.29, 1.82) is 0 Å². The number of nitrogens with one attached hydrogen (secondary N) is 1.